The molecule has 0 saturated carbocycles. The van der Waals surface area contributed by atoms with Crippen LogP contribution >= 0.6 is 11.6 Å². The van der Waals surface area contributed by atoms with Crippen LogP contribution in [0.4, 0.5) is 17.6 Å². The van der Waals surface area contributed by atoms with Gasteiger partial charge >= 0.3 is 12.3 Å². The molecule has 1 N–H and O–H groups in total. The Morgan fingerprint density at radius 1 is 1.08 bits per heavy atom. The molecule has 0 bridgehead atoms. The number of carbonyl (C=O) groups is 1. The first kappa shape index (κ1) is 26.2. The van der Waals surface area contributed by atoms with Crippen LogP contribution in [0.1, 0.15) is 12.6 Å². The molecule has 0 saturated heterocycles. The number of alkyl halides is 3. The van der Waals surface area contributed by atoms with Gasteiger partial charge in [-0.1, -0.05) is 16.8 Å². The standard InChI is InChI=1S/C26H17ClF4N2O6/c1-12-23(37-15-4-7-19(28)22(11-15)36-13(2)25(34)35)18-10-16(38-26(29,30)31)5-8-20(18)33(12)24-17-6-3-14(27)9-21(17)39-32-24/h3-11,13H,1-2H3,(H,34,35). The monoisotopic (exact) mass is 564 g/mol. The van der Waals surface area contributed by atoms with Gasteiger partial charge in [0.05, 0.1) is 16.6 Å². The summed E-state index contributed by atoms with van der Waals surface area (Å²) in [4.78, 5) is 11.1. The molecule has 0 aliphatic heterocycles. The highest BCUT2D eigenvalue weighted by molar-refractivity contribution is 6.31. The molecule has 2 aromatic heterocycles. The van der Waals surface area contributed by atoms with Crippen LogP contribution in [0.25, 0.3) is 27.7 Å². The summed E-state index contributed by atoms with van der Waals surface area (Å²) in [5, 5.41) is 14.4. The minimum absolute atomic E-state index is 0.0325. The fourth-order valence-corrected chi connectivity index (χ4v) is 4.19. The van der Waals surface area contributed by atoms with Crippen molar-refractivity contribution in [2.75, 3.05) is 0 Å². The molecule has 0 radical (unpaired) electrons. The molecule has 0 spiro atoms. The number of aromatic nitrogens is 2. The maximum Gasteiger partial charge on any atom is 0.573 e. The quantitative estimate of drug-likeness (QED) is 0.206. The van der Waals surface area contributed by atoms with Crippen LogP contribution in [0.2, 0.25) is 5.02 Å². The Morgan fingerprint density at radius 2 is 1.82 bits per heavy atom. The maximum atomic E-state index is 14.3. The fraction of sp³-hybridized carbons (Fsp3) is 0.154. The van der Waals surface area contributed by atoms with Crippen molar-refractivity contribution in [1.82, 2.24) is 9.72 Å². The number of aliphatic carboxylic acids is 1. The predicted octanol–water partition coefficient (Wildman–Crippen LogP) is 7.42. The van der Waals surface area contributed by atoms with E-state index in [1.807, 2.05) is 0 Å². The van der Waals surface area contributed by atoms with Gasteiger partial charge in [0.15, 0.2) is 34.8 Å². The predicted molar refractivity (Wildman–Crippen MR) is 131 cm³/mol. The third-order valence-electron chi connectivity index (χ3n) is 5.75. The smallest absolute Gasteiger partial charge is 0.479 e. The second-order valence-electron chi connectivity index (χ2n) is 8.42. The molecule has 1 atom stereocenters. The van der Waals surface area contributed by atoms with Crippen LogP contribution in [0.3, 0.4) is 0 Å². The Kier molecular flexibility index (Phi) is 6.51. The van der Waals surface area contributed by atoms with Crippen LogP contribution in [0.15, 0.2) is 59.1 Å². The van der Waals surface area contributed by atoms with E-state index in [1.54, 1.807) is 29.7 Å². The van der Waals surface area contributed by atoms with Crippen molar-refractivity contribution in [2.24, 2.45) is 0 Å². The Labute approximate surface area is 221 Å². The van der Waals surface area contributed by atoms with Crippen molar-refractivity contribution in [3.8, 4) is 28.8 Å². The summed E-state index contributed by atoms with van der Waals surface area (Å²) < 4.78 is 75.5. The highest BCUT2D eigenvalue weighted by Crippen LogP contribution is 2.42. The Morgan fingerprint density at radius 3 is 2.54 bits per heavy atom. The molecule has 5 aromatic rings. The van der Waals surface area contributed by atoms with Crippen molar-refractivity contribution in [1.29, 1.82) is 0 Å². The number of rotatable bonds is 7. The van der Waals surface area contributed by atoms with Crippen molar-refractivity contribution in [2.45, 2.75) is 26.3 Å². The molecule has 202 valence electrons. The van der Waals surface area contributed by atoms with E-state index >= 15 is 0 Å². The summed E-state index contributed by atoms with van der Waals surface area (Å²) in [5.41, 5.74) is 1.19. The Hall–Kier alpha value is -4.45. The number of carboxylic acids is 1. The van der Waals surface area contributed by atoms with Crippen LogP contribution in [0, 0.1) is 12.7 Å². The van der Waals surface area contributed by atoms with E-state index in [-0.39, 0.29) is 22.6 Å². The lowest BCUT2D eigenvalue weighted by atomic mass is 10.2. The first-order valence-electron chi connectivity index (χ1n) is 11.2. The van der Waals surface area contributed by atoms with Crippen LogP contribution in [-0.2, 0) is 4.79 Å². The summed E-state index contributed by atoms with van der Waals surface area (Å²) in [6.45, 7) is 2.87. The molecule has 0 amide bonds. The average molecular weight is 565 g/mol. The Bertz CT molecular complexity index is 1730. The van der Waals surface area contributed by atoms with E-state index in [0.717, 1.165) is 24.3 Å². The van der Waals surface area contributed by atoms with Crippen molar-refractivity contribution in [3.63, 3.8) is 0 Å². The molecule has 0 aliphatic rings. The summed E-state index contributed by atoms with van der Waals surface area (Å²) in [7, 11) is 0. The zero-order chi connectivity index (χ0) is 28.1. The molecule has 1 unspecified atom stereocenters. The molecule has 0 aliphatic carbocycles. The summed E-state index contributed by atoms with van der Waals surface area (Å²) in [6, 6.07) is 12.0. The van der Waals surface area contributed by atoms with E-state index in [4.69, 9.17) is 30.7 Å². The SMILES string of the molecule is Cc1c(Oc2ccc(F)c(OC(C)C(=O)O)c2)c2cc(OC(F)(F)F)ccc2n1-c1noc2cc(Cl)ccc12. The molecule has 0 fully saturated rings. The van der Waals surface area contributed by atoms with Gasteiger partial charge in [-0.05, 0) is 56.3 Å². The first-order chi connectivity index (χ1) is 18.4. The number of hydrogen-bond acceptors (Lipinski definition) is 6. The normalized spacial score (nSPS) is 12.6. The number of hydrogen-bond donors (Lipinski definition) is 1. The number of fused-ring (bicyclic) bond motifs is 2. The van der Waals surface area contributed by atoms with Gasteiger partial charge in [0.1, 0.15) is 11.5 Å². The Balaban J connectivity index is 1.66. The number of carboxylic acid groups (broad SMARTS) is 1. The second kappa shape index (κ2) is 9.70. The molecule has 39 heavy (non-hydrogen) atoms. The highest BCUT2D eigenvalue weighted by Gasteiger charge is 2.32. The van der Waals surface area contributed by atoms with Gasteiger partial charge in [-0.15, -0.1) is 13.2 Å². The topological polar surface area (TPSA) is 96.0 Å². The van der Waals surface area contributed by atoms with Crippen molar-refractivity contribution in [3.05, 3.63) is 71.1 Å². The van der Waals surface area contributed by atoms with Crippen LogP contribution in [0.5, 0.6) is 23.0 Å². The number of benzene rings is 3. The molecule has 5 rings (SSSR count). The van der Waals surface area contributed by atoms with Gasteiger partial charge in [0, 0.05) is 22.5 Å². The van der Waals surface area contributed by atoms with Crippen LogP contribution in [-0.4, -0.2) is 33.3 Å². The van der Waals surface area contributed by atoms with E-state index in [0.29, 0.717) is 33.0 Å². The molecule has 3 aromatic carbocycles. The summed E-state index contributed by atoms with van der Waals surface area (Å²) in [6.07, 6.45) is -6.29. The molecule has 13 heteroatoms. The number of halogens is 5. The molecule has 8 nitrogen and oxygen atoms in total. The molecular weight excluding hydrogens is 548 g/mol. The van der Waals surface area contributed by atoms with Crippen molar-refractivity contribution < 1.29 is 46.2 Å². The summed E-state index contributed by atoms with van der Waals surface area (Å²) >= 11 is 6.05. The second-order valence-corrected chi connectivity index (χ2v) is 8.85. The van der Waals surface area contributed by atoms with Gasteiger partial charge < -0.3 is 23.8 Å². The van der Waals surface area contributed by atoms with Gasteiger partial charge in [0.25, 0.3) is 0 Å². The van der Waals surface area contributed by atoms with E-state index in [1.165, 1.54) is 19.1 Å². The van der Waals surface area contributed by atoms with Gasteiger partial charge in [0.2, 0.25) is 0 Å². The minimum atomic E-state index is -4.93. The van der Waals surface area contributed by atoms with Crippen LogP contribution < -0.4 is 14.2 Å². The lowest BCUT2D eigenvalue weighted by molar-refractivity contribution is -0.274. The largest absolute Gasteiger partial charge is 0.573 e. The minimum Gasteiger partial charge on any atom is -0.479 e. The van der Waals surface area contributed by atoms with Crippen molar-refractivity contribution >= 4 is 39.4 Å². The zero-order valence-electron chi connectivity index (χ0n) is 20.0. The lowest BCUT2D eigenvalue weighted by Crippen LogP contribution is -2.23. The third-order valence-corrected chi connectivity index (χ3v) is 5.99. The lowest BCUT2D eigenvalue weighted by Gasteiger charge is -2.13. The summed E-state index contributed by atoms with van der Waals surface area (Å²) in [5.74, 6) is -2.56. The third kappa shape index (κ3) is 5.15. The molecular formula is C26H17ClF4N2O6. The highest BCUT2D eigenvalue weighted by atomic mass is 35.5. The van der Waals surface area contributed by atoms with E-state index in [9.17, 15) is 22.4 Å². The van der Waals surface area contributed by atoms with Gasteiger partial charge in [-0.2, -0.15) is 0 Å². The number of ether oxygens (including phenoxy) is 3. The van der Waals surface area contributed by atoms with E-state index < -0.39 is 30.0 Å². The van der Waals surface area contributed by atoms with Gasteiger partial charge in [-0.25, -0.2) is 9.18 Å². The molecule has 2 heterocycles. The van der Waals surface area contributed by atoms with Gasteiger partial charge in [-0.3, -0.25) is 4.57 Å². The fourth-order valence-electron chi connectivity index (χ4n) is 4.02. The average Bonchev–Trinajstić information content (AvgIpc) is 3.37. The van der Waals surface area contributed by atoms with E-state index in [2.05, 4.69) is 9.89 Å². The zero-order valence-corrected chi connectivity index (χ0v) is 20.8. The maximum absolute atomic E-state index is 14.3. The number of nitrogens with zero attached hydrogens (tertiary/aromatic N) is 2. The first-order valence-corrected chi connectivity index (χ1v) is 11.6.